The van der Waals surface area contributed by atoms with Crippen LogP contribution >= 0.6 is 0 Å². The third-order valence-electron chi connectivity index (χ3n) is 3.50. The molecule has 1 heteroatoms. The summed E-state index contributed by atoms with van der Waals surface area (Å²) in [5, 5.41) is 1.20. The summed E-state index contributed by atoms with van der Waals surface area (Å²) >= 11 is 0. The van der Waals surface area contributed by atoms with Crippen molar-refractivity contribution in [3.8, 4) is 11.3 Å². The Morgan fingerprint density at radius 2 is 1.47 bits per heavy atom. The SMILES string of the molecule is Cc1ccc(-c2ccc3cc(C)ccc3n2)c(C)c1. The lowest BCUT2D eigenvalue weighted by molar-refractivity contribution is 1.33. The predicted molar refractivity (Wildman–Crippen MR) is 81.4 cm³/mol. The van der Waals surface area contributed by atoms with Crippen molar-refractivity contribution in [2.45, 2.75) is 20.8 Å². The van der Waals surface area contributed by atoms with Crippen LogP contribution in [0.4, 0.5) is 0 Å². The van der Waals surface area contributed by atoms with Gasteiger partial charge in [0, 0.05) is 10.9 Å². The summed E-state index contributed by atoms with van der Waals surface area (Å²) < 4.78 is 0. The van der Waals surface area contributed by atoms with Crippen LogP contribution in [-0.4, -0.2) is 4.98 Å². The van der Waals surface area contributed by atoms with E-state index in [4.69, 9.17) is 4.98 Å². The molecule has 3 aromatic rings. The molecule has 0 spiro atoms. The summed E-state index contributed by atoms with van der Waals surface area (Å²) in [6.45, 7) is 6.37. The van der Waals surface area contributed by atoms with Gasteiger partial charge in [-0.1, -0.05) is 41.5 Å². The van der Waals surface area contributed by atoms with Crippen molar-refractivity contribution in [3.05, 3.63) is 65.2 Å². The highest BCUT2D eigenvalue weighted by Crippen LogP contribution is 2.25. The van der Waals surface area contributed by atoms with Crippen molar-refractivity contribution in [1.82, 2.24) is 4.98 Å². The van der Waals surface area contributed by atoms with Crippen LogP contribution in [0.5, 0.6) is 0 Å². The fraction of sp³-hybridized carbons (Fsp3) is 0.167. The molecule has 0 unspecified atom stereocenters. The highest BCUT2D eigenvalue weighted by atomic mass is 14.7. The maximum atomic E-state index is 4.78. The average molecular weight is 247 g/mol. The van der Waals surface area contributed by atoms with Crippen LogP contribution in [0.3, 0.4) is 0 Å². The minimum atomic E-state index is 1.05. The van der Waals surface area contributed by atoms with Gasteiger partial charge < -0.3 is 0 Å². The highest BCUT2D eigenvalue weighted by molar-refractivity contribution is 5.82. The Bertz CT molecular complexity index is 757. The van der Waals surface area contributed by atoms with Crippen LogP contribution in [0.15, 0.2) is 48.5 Å². The van der Waals surface area contributed by atoms with Gasteiger partial charge in [0.15, 0.2) is 0 Å². The van der Waals surface area contributed by atoms with Crippen molar-refractivity contribution in [2.75, 3.05) is 0 Å². The molecule has 0 atom stereocenters. The maximum absolute atomic E-state index is 4.78. The highest BCUT2D eigenvalue weighted by Gasteiger charge is 2.04. The molecule has 3 rings (SSSR count). The Morgan fingerprint density at radius 1 is 0.737 bits per heavy atom. The summed E-state index contributed by atoms with van der Waals surface area (Å²) in [6.07, 6.45) is 0. The first-order valence-electron chi connectivity index (χ1n) is 6.58. The zero-order valence-corrected chi connectivity index (χ0v) is 11.6. The zero-order valence-electron chi connectivity index (χ0n) is 11.6. The molecule has 0 saturated heterocycles. The molecule has 0 amide bonds. The topological polar surface area (TPSA) is 12.9 Å². The van der Waals surface area contributed by atoms with Crippen molar-refractivity contribution in [3.63, 3.8) is 0 Å². The van der Waals surface area contributed by atoms with Gasteiger partial charge in [0.25, 0.3) is 0 Å². The first kappa shape index (κ1) is 11.9. The summed E-state index contributed by atoms with van der Waals surface area (Å²) in [6, 6.07) is 17.2. The van der Waals surface area contributed by atoms with Gasteiger partial charge in [0.05, 0.1) is 11.2 Å². The van der Waals surface area contributed by atoms with Crippen LogP contribution in [0, 0.1) is 20.8 Å². The van der Waals surface area contributed by atoms with Crippen LogP contribution in [0.1, 0.15) is 16.7 Å². The van der Waals surface area contributed by atoms with E-state index in [2.05, 4.69) is 69.3 Å². The molecule has 0 radical (unpaired) electrons. The second-order valence-corrected chi connectivity index (χ2v) is 5.21. The summed E-state index contributed by atoms with van der Waals surface area (Å²) in [5.41, 5.74) is 7.16. The normalized spacial score (nSPS) is 10.9. The van der Waals surface area contributed by atoms with E-state index in [-0.39, 0.29) is 0 Å². The molecular formula is C18H17N. The number of hydrogen-bond donors (Lipinski definition) is 0. The van der Waals surface area contributed by atoms with E-state index >= 15 is 0 Å². The molecule has 0 bridgehead atoms. The maximum Gasteiger partial charge on any atom is 0.0712 e. The second-order valence-electron chi connectivity index (χ2n) is 5.21. The monoisotopic (exact) mass is 247 g/mol. The number of aryl methyl sites for hydroxylation is 3. The molecule has 1 nitrogen and oxygen atoms in total. The molecule has 0 N–H and O–H groups in total. The van der Waals surface area contributed by atoms with Gasteiger partial charge in [-0.25, -0.2) is 4.98 Å². The van der Waals surface area contributed by atoms with Gasteiger partial charge in [0.1, 0.15) is 0 Å². The van der Waals surface area contributed by atoms with Crippen molar-refractivity contribution in [1.29, 1.82) is 0 Å². The number of aromatic nitrogens is 1. The first-order chi connectivity index (χ1) is 9.13. The third kappa shape index (κ3) is 2.24. The zero-order chi connectivity index (χ0) is 13.4. The van der Waals surface area contributed by atoms with E-state index in [1.807, 2.05) is 0 Å². The van der Waals surface area contributed by atoms with Crippen LogP contribution < -0.4 is 0 Å². The van der Waals surface area contributed by atoms with Crippen LogP contribution in [0.25, 0.3) is 22.2 Å². The van der Waals surface area contributed by atoms with Gasteiger partial charge in [-0.3, -0.25) is 0 Å². The van der Waals surface area contributed by atoms with Gasteiger partial charge in [-0.15, -0.1) is 0 Å². The minimum Gasteiger partial charge on any atom is -0.248 e. The lowest BCUT2D eigenvalue weighted by atomic mass is 10.0. The van der Waals surface area contributed by atoms with Gasteiger partial charge in [-0.2, -0.15) is 0 Å². The molecule has 0 fully saturated rings. The molecule has 2 aromatic carbocycles. The largest absolute Gasteiger partial charge is 0.248 e. The number of fused-ring (bicyclic) bond motifs is 1. The molecule has 1 aromatic heterocycles. The molecule has 94 valence electrons. The Balaban J connectivity index is 2.17. The summed E-state index contributed by atoms with van der Waals surface area (Å²) in [5.74, 6) is 0. The van der Waals surface area contributed by atoms with Crippen molar-refractivity contribution < 1.29 is 0 Å². The molecule has 19 heavy (non-hydrogen) atoms. The van der Waals surface area contributed by atoms with Crippen LogP contribution in [0.2, 0.25) is 0 Å². The molecule has 0 aliphatic heterocycles. The predicted octanol–water partition coefficient (Wildman–Crippen LogP) is 4.83. The van der Waals surface area contributed by atoms with E-state index in [1.165, 1.54) is 27.6 Å². The standard InChI is InChI=1S/C18H17N/c1-12-4-7-16(14(3)10-12)18-9-6-15-11-13(2)5-8-17(15)19-18/h4-11H,1-3H3. The summed E-state index contributed by atoms with van der Waals surface area (Å²) in [4.78, 5) is 4.78. The van der Waals surface area contributed by atoms with E-state index in [9.17, 15) is 0 Å². The number of rotatable bonds is 1. The minimum absolute atomic E-state index is 1.05. The average Bonchev–Trinajstić information content (AvgIpc) is 2.38. The Morgan fingerprint density at radius 3 is 2.26 bits per heavy atom. The Labute approximate surface area is 113 Å². The lowest BCUT2D eigenvalue weighted by Gasteiger charge is -2.08. The van der Waals surface area contributed by atoms with Crippen molar-refractivity contribution >= 4 is 10.9 Å². The fourth-order valence-electron chi connectivity index (χ4n) is 2.50. The van der Waals surface area contributed by atoms with E-state index in [0.29, 0.717) is 0 Å². The van der Waals surface area contributed by atoms with Crippen LogP contribution in [-0.2, 0) is 0 Å². The van der Waals surface area contributed by atoms with Gasteiger partial charge in [0.2, 0.25) is 0 Å². The molecule has 0 aliphatic rings. The number of hydrogen-bond acceptors (Lipinski definition) is 1. The van der Waals surface area contributed by atoms with E-state index in [0.717, 1.165) is 11.2 Å². The number of pyridine rings is 1. The van der Waals surface area contributed by atoms with Crippen molar-refractivity contribution in [2.24, 2.45) is 0 Å². The number of benzene rings is 2. The quantitative estimate of drug-likeness (QED) is 0.600. The molecular weight excluding hydrogens is 230 g/mol. The second kappa shape index (κ2) is 4.51. The van der Waals surface area contributed by atoms with Gasteiger partial charge in [-0.05, 0) is 44.5 Å². The smallest absolute Gasteiger partial charge is 0.0712 e. The molecule has 1 heterocycles. The summed E-state index contributed by atoms with van der Waals surface area (Å²) in [7, 11) is 0. The lowest BCUT2D eigenvalue weighted by Crippen LogP contribution is -1.89. The van der Waals surface area contributed by atoms with E-state index < -0.39 is 0 Å². The number of nitrogens with zero attached hydrogens (tertiary/aromatic N) is 1. The third-order valence-corrected chi connectivity index (χ3v) is 3.50. The first-order valence-corrected chi connectivity index (χ1v) is 6.58. The Kier molecular flexibility index (Phi) is 2.83. The fourth-order valence-corrected chi connectivity index (χ4v) is 2.50. The molecule has 0 saturated carbocycles. The Hall–Kier alpha value is -2.15. The van der Waals surface area contributed by atoms with E-state index in [1.54, 1.807) is 0 Å². The molecule has 0 aliphatic carbocycles. The van der Waals surface area contributed by atoms with Gasteiger partial charge >= 0.3 is 0 Å².